The lowest BCUT2D eigenvalue weighted by Gasteiger charge is -2.24. The Morgan fingerprint density at radius 2 is 2.11 bits per heavy atom. The van der Waals surface area contributed by atoms with Crippen LogP contribution in [0.5, 0.6) is 0 Å². The highest BCUT2D eigenvalue weighted by Gasteiger charge is 2.27. The van der Waals surface area contributed by atoms with Crippen LogP contribution in [0.1, 0.15) is 63.4 Å². The summed E-state index contributed by atoms with van der Waals surface area (Å²) in [7, 11) is 0. The Morgan fingerprint density at radius 3 is 2.67 bits per heavy atom. The summed E-state index contributed by atoms with van der Waals surface area (Å²) in [5.41, 5.74) is 1.87. The predicted molar refractivity (Wildman–Crippen MR) is 73.0 cm³/mol. The van der Waals surface area contributed by atoms with Crippen molar-refractivity contribution in [1.29, 1.82) is 0 Å². The molecule has 1 heterocycles. The third-order valence-electron chi connectivity index (χ3n) is 3.98. The van der Waals surface area contributed by atoms with E-state index in [4.69, 9.17) is 0 Å². The second-order valence-electron chi connectivity index (χ2n) is 5.87. The van der Waals surface area contributed by atoms with Crippen LogP contribution in [0, 0.1) is 0 Å². The Kier molecular flexibility index (Phi) is 3.37. The zero-order chi connectivity index (χ0) is 13.5. The van der Waals surface area contributed by atoms with Gasteiger partial charge in [-0.05, 0) is 58.1 Å². The van der Waals surface area contributed by atoms with Gasteiger partial charge >= 0.3 is 0 Å². The number of aliphatic hydroxyl groups is 1. The highest BCUT2D eigenvalue weighted by atomic mass is 16.3. The number of aromatic nitrogens is 1. The third-order valence-corrected chi connectivity index (χ3v) is 3.98. The third kappa shape index (κ3) is 2.12. The van der Waals surface area contributed by atoms with Crippen molar-refractivity contribution in [3.8, 4) is 0 Å². The molecule has 1 aromatic heterocycles. The number of hydrogen-bond donors (Lipinski definition) is 1. The predicted octanol–water partition coefficient (Wildman–Crippen LogP) is 2.54. The van der Waals surface area contributed by atoms with E-state index in [-0.39, 0.29) is 11.6 Å². The van der Waals surface area contributed by atoms with Crippen molar-refractivity contribution in [3.05, 3.63) is 33.2 Å². The quantitative estimate of drug-likeness (QED) is 0.894. The van der Waals surface area contributed by atoms with Gasteiger partial charge in [-0.3, -0.25) is 4.79 Å². The molecule has 0 aromatic carbocycles. The smallest absolute Gasteiger partial charge is 0.257 e. The second-order valence-corrected chi connectivity index (χ2v) is 5.87. The van der Waals surface area contributed by atoms with E-state index in [1.165, 1.54) is 11.3 Å². The summed E-state index contributed by atoms with van der Waals surface area (Å²) in [5.74, 6) is 0. The van der Waals surface area contributed by atoms with Gasteiger partial charge in [-0.1, -0.05) is 6.92 Å². The van der Waals surface area contributed by atoms with Crippen LogP contribution in [-0.2, 0) is 18.4 Å². The van der Waals surface area contributed by atoms with Gasteiger partial charge in [0.05, 0.1) is 5.60 Å². The molecule has 100 valence electrons. The molecule has 0 saturated carbocycles. The molecule has 3 heteroatoms. The standard InChI is InChI=1S/C15H23NO2/c1-5-10(2)16-13-8-6-7-11(13)9-12(14(16)17)15(3,4)18/h9-10,18H,5-8H2,1-4H3. The summed E-state index contributed by atoms with van der Waals surface area (Å²) in [6, 6.07) is 2.12. The van der Waals surface area contributed by atoms with Gasteiger partial charge in [-0.2, -0.15) is 0 Å². The molecule has 1 aliphatic carbocycles. The maximum absolute atomic E-state index is 12.6. The fraction of sp³-hybridized carbons (Fsp3) is 0.667. The molecule has 2 rings (SSSR count). The number of hydrogen-bond acceptors (Lipinski definition) is 2. The number of pyridine rings is 1. The van der Waals surface area contributed by atoms with E-state index in [2.05, 4.69) is 13.8 Å². The van der Waals surface area contributed by atoms with Crippen molar-refractivity contribution in [1.82, 2.24) is 4.57 Å². The van der Waals surface area contributed by atoms with Crippen molar-refractivity contribution in [2.24, 2.45) is 0 Å². The maximum atomic E-state index is 12.6. The average Bonchev–Trinajstić information content (AvgIpc) is 2.73. The van der Waals surface area contributed by atoms with Gasteiger partial charge in [-0.15, -0.1) is 0 Å². The van der Waals surface area contributed by atoms with Gasteiger partial charge in [0.15, 0.2) is 0 Å². The van der Waals surface area contributed by atoms with Gasteiger partial charge in [0.2, 0.25) is 0 Å². The fourth-order valence-corrected chi connectivity index (χ4v) is 2.76. The molecular formula is C15H23NO2. The van der Waals surface area contributed by atoms with E-state index in [1.54, 1.807) is 13.8 Å². The van der Waals surface area contributed by atoms with E-state index in [1.807, 2.05) is 10.6 Å². The number of fused-ring (bicyclic) bond motifs is 1. The fourth-order valence-electron chi connectivity index (χ4n) is 2.76. The zero-order valence-corrected chi connectivity index (χ0v) is 11.8. The molecule has 0 radical (unpaired) electrons. The molecule has 0 bridgehead atoms. The monoisotopic (exact) mass is 249 g/mol. The SMILES string of the molecule is CCC(C)n1c2c(cc(C(C)(C)O)c1=O)CCC2. The average molecular weight is 249 g/mol. The Labute approximate surface area is 108 Å². The summed E-state index contributed by atoms with van der Waals surface area (Å²) in [6.45, 7) is 7.54. The van der Waals surface area contributed by atoms with Crippen LogP contribution in [0.4, 0.5) is 0 Å². The van der Waals surface area contributed by atoms with Crippen LogP contribution in [0.2, 0.25) is 0 Å². The van der Waals surface area contributed by atoms with Crippen LogP contribution in [0.25, 0.3) is 0 Å². The number of nitrogens with zero attached hydrogens (tertiary/aromatic N) is 1. The topological polar surface area (TPSA) is 42.2 Å². The lowest BCUT2D eigenvalue weighted by atomic mass is 9.97. The summed E-state index contributed by atoms with van der Waals surface area (Å²) in [4.78, 5) is 12.6. The Hall–Kier alpha value is -1.09. The lowest BCUT2D eigenvalue weighted by molar-refractivity contribution is 0.0761. The molecule has 1 atom stereocenters. The maximum Gasteiger partial charge on any atom is 0.257 e. The van der Waals surface area contributed by atoms with Gasteiger partial charge < -0.3 is 9.67 Å². The van der Waals surface area contributed by atoms with E-state index >= 15 is 0 Å². The summed E-state index contributed by atoms with van der Waals surface area (Å²) in [6.07, 6.45) is 4.05. The van der Waals surface area contributed by atoms with Crippen LogP contribution >= 0.6 is 0 Å². The van der Waals surface area contributed by atoms with Crippen molar-refractivity contribution >= 4 is 0 Å². The highest BCUT2D eigenvalue weighted by Crippen LogP contribution is 2.27. The first-order valence-corrected chi connectivity index (χ1v) is 6.86. The minimum atomic E-state index is -1.07. The Bertz CT molecular complexity index is 508. The largest absolute Gasteiger partial charge is 0.386 e. The van der Waals surface area contributed by atoms with Gasteiger partial charge in [0.1, 0.15) is 0 Å². The van der Waals surface area contributed by atoms with Gasteiger partial charge in [0, 0.05) is 17.3 Å². The molecule has 0 fully saturated rings. The number of rotatable bonds is 3. The van der Waals surface area contributed by atoms with Crippen LogP contribution in [0.3, 0.4) is 0 Å². The van der Waals surface area contributed by atoms with Crippen LogP contribution < -0.4 is 5.56 Å². The molecule has 1 N–H and O–H groups in total. The molecule has 0 spiro atoms. The lowest BCUT2D eigenvalue weighted by Crippen LogP contribution is -2.35. The summed E-state index contributed by atoms with van der Waals surface area (Å²) < 4.78 is 1.91. The van der Waals surface area contributed by atoms with E-state index < -0.39 is 5.60 Å². The molecule has 0 saturated heterocycles. The van der Waals surface area contributed by atoms with Crippen molar-refractivity contribution < 1.29 is 5.11 Å². The van der Waals surface area contributed by atoms with Gasteiger partial charge in [-0.25, -0.2) is 0 Å². The molecule has 1 aromatic rings. The molecule has 3 nitrogen and oxygen atoms in total. The zero-order valence-electron chi connectivity index (χ0n) is 11.8. The first kappa shape index (κ1) is 13.3. The Morgan fingerprint density at radius 1 is 1.44 bits per heavy atom. The molecule has 18 heavy (non-hydrogen) atoms. The molecule has 0 amide bonds. The van der Waals surface area contributed by atoms with E-state index in [0.29, 0.717) is 5.56 Å². The van der Waals surface area contributed by atoms with Crippen LogP contribution in [-0.4, -0.2) is 9.67 Å². The number of aryl methyl sites for hydroxylation is 1. The first-order valence-electron chi connectivity index (χ1n) is 6.86. The normalized spacial score (nSPS) is 16.7. The summed E-state index contributed by atoms with van der Waals surface area (Å²) >= 11 is 0. The minimum absolute atomic E-state index is 0.0162. The second kappa shape index (κ2) is 4.54. The molecule has 1 unspecified atom stereocenters. The highest BCUT2D eigenvalue weighted by molar-refractivity contribution is 5.33. The summed E-state index contributed by atoms with van der Waals surface area (Å²) in [5, 5.41) is 10.2. The van der Waals surface area contributed by atoms with Crippen LogP contribution in [0.15, 0.2) is 10.9 Å². The minimum Gasteiger partial charge on any atom is -0.386 e. The molecular weight excluding hydrogens is 226 g/mol. The van der Waals surface area contributed by atoms with Gasteiger partial charge in [0.25, 0.3) is 5.56 Å². The van der Waals surface area contributed by atoms with Crippen molar-refractivity contribution in [2.45, 2.75) is 65.0 Å². The van der Waals surface area contributed by atoms with E-state index in [9.17, 15) is 9.90 Å². The first-order chi connectivity index (χ1) is 8.36. The van der Waals surface area contributed by atoms with E-state index in [0.717, 1.165) is 25.7 Å². The molecule has 1 aliphatic rings. The Balaban J connectivity index is 2.71. The van der Waals surface area contributed by atoms with Crippen molar-refractivity contribution in [3.63, 3.8) is 0 Å². The van der Waals surface area contributed by atoms with Crippen molar-refractivity contribution in [2.75, 3.05) is 0 Å². The molecule has 0 aliphatic heterocycles.